The zero-order chi connectivity index (χ0) is 9.97. The van der Waals surface area contributed by atoms with E-state index >= 15 is 0 Å². The molecule has 0 fully saturated rings. The van der Waals surface area contributed by atoms with Crippen molar-refractivity contribution in [3.05, 3.63) is 45.8 Å². The average molecular weight is 188 g/mol. The second-order valence-electron chi connectivity index (χ2n) is 3.61. The van der Waals surface area contributed by atoms with Crippen molar-refractivity contribution in [3.63, 3.8) is 0 Å². The Bertz CT molecular complexity index is 381. The van der Waals surface area contributed by atoms with Crippen molar-refractivity contribution < 1.29 is 0 Å². The summed E-state index contributed by atoms with van der Waals surface area (Å²) in [6.45, 7) is 0. The first kappa shape index (κ1) is 9.06. The lowest BCUT2D eigenvalue weighted by molar-refractivity contribution is 0.491. The minimum absolute atomic E-state index is 0.0409. The summed E-state index contributed by atoms with van der Waals surface area (Å²) < 4.78 is 0. The van der Waals surface area contributed by atoms with Gasteiger partial charge in [-0.15, -0.1) is 0 Å². The van der Waals surface area contributed by atoms with Crippen LogP contribution < -0.4 is 5.73 Å². The van der Waals surface area contributed by atoms with Crippen molar-refractivity contribution in [1.82, 2.24) is 0 Å². The van der Waals surface area contributed by atoms with Crippen LogP contribution in [0.5, 0.6) is 0 Å². The largest absolute Gasteiger partial charge is 0.327 e. The van der Waals surface area contributed by atoms with E-state index in [2.05, 4.69) is 22.2 Å². The van der Waals surface area contributed by atoms with Crippen LogP contribution in [-0.4, -0.2) is 12.1 Å². The Kier molecular flexibility index (Phi) is 2.39. The molecule has 2 atom stereocenters. The quantitative estimate of drug-likeness (QED) is 0.407. The van der Waals surface area contributed by atoms with Gasteiger partial charge in [0.2, 0.25) is 0 Å². The molecule has 1 aliphatic rings. The molecule has 1 aliphatic carbocycles. The van der Waals surface area contributed by atoms with Gasteiger partial charge in [-0.1, -0.05) is 29.4 Å². The van der Waals surface area contributed by atoms with Gasteiger partial charge in [0.1, 0.15) is 0 Å². The lowest BCUT2D eigenvalue weighted by atomic mass is 9.85. The number of fused-ring (bicyclic) bond motifs is 1. The second-order valence-corrected chi connectivity index (χ2v) is 3.61. The minimum atomic E-state index is -0.0881. The zero-order valence-corrected chi connectivity index (χ0v) is 7.80. The molecule has 0 saturated heterocycles. The average Bonchev–Trinajstić information content (AvgIpc) is 2.19. The highest BCUT2D eigenvalue weighted by molar-refractivity contribution is 5.32. The number of nitrogens with two attached hydrogens (primary N) is 1. The summed E-state index contributed by atoms with van der Waals surface area (Å²) in [5.74, 6) is 0. The van der Waals surface area contributed by atoms with Crippen LogP contribution in [0.25, 0.3) is 10.4 Å². The summed E-state index contributed by atoms with van der Waals surface area (Å²) in [6, 6.07) is 8.04. The van der Waals surface area contributed by atoms with Gasteiger partial charge >= 0.3 is 0 Å². The van der Waals surface area contributed by atoms with Gasteiger partial charge < -0.3 is 5.73 Å². The first-order chi connectivity index (χ1) is 6.81. The summed E-state index contributed by atoms with van der Waals surface area (Å²) in [5, 5.41) is 3.72. The normalized spacial score (nSPS) is 24.9. The molecular formula is C10H12N4. The summed E-state index contributed by atoms with van der Waals surface area (Å²) >= 11 is 0. The molecule has 0 spiro atoms. The molecule has 0 heterocycles. The maximum atomic E-state index is 8.39. The van der Waals surface area contributed by atoms with Crippen molar-refractivity contribution in [2.24, 2.45) is 10.8 Å². The van der Waals surface area contributed by atoms with Gasteiger partial charge in [-0.25, -0.2) is 0 Å². The predicted octanol–water partition coefficient (Wildman–Crippen LogP) is 1.79. The van der Waals surface area contributed by atoms with Gasteiger partial charge in [0.05, 0.1) is 6.04 Å². The zero-order valence-electron chi connectivity index (χ0n) is 7.80. The van der Waals surface area contributed by atoms with Crippen molar-refractivity contribution in [3.8, 4) is 0 Å². The van der Waals surface area contributed by atoms with Crippen LogP contribution in [0.4, 0.5) is 0 Å². The van der Waals surface area contributed by atoms with E-state index < -0.39 is 0 Å². The second kappa shape index (κ2) is 3.70. The Morgan fingerprint density at radius 2 is 1.93 bits per heavy atom. The maximum absolute atomic E-state index is 8.39. The van der Waals surface area contributed by atoms with E-state index in [4.69, 9.17) is 11.3 Å². The third-order valence-corrected chi connectivity index (χ3v) is 2.70. The molecule has 72 valence electrons. The monoisotopic (exact) mass is 188 g/mol. The number of hydrogen-bond acceptors (Lipinski definition) is 2. The number of nitrogens with zero attached hydrogens (tertiary/aromatic N) is 3. The molecule has 2 rings (SSSR count). The fourth-order valence-corrected chi connectivity index (χ4v) is 1.92. The molecule has 1 aromatic rings. The van der Waals surface area contributed by atoms with Crippen LogP contribution in [0, 0.1) is 0 Å². The number of hydrogen-bond donors (Lipinski definition) is 1. The molecule has 0 amide bonds. The summed E-state index contributed by atoms with van der Waals surface area (Å²) in [7, 11) is 0. The molecule has 1 aromatic carbocycles. The Morgan fingerprint density at radius 1 is 1.29 bits per heavy atom. The standard InChI is InChI=1S/C10H12N4/c11-9-5-7-3-1-2-4-8(7)6-10(9)13-14-12/h1-4,9-10H,5-6,11H2. The SMILES string of the molecule is [N-]=[N+]=NC1Cc2ccccc2CC1N. The molecule has 14 heavy (non-hydrogen) atoms. The molecule has 2 unspecified atom stereocenters. The van der Waals surface area contributed by atoms with Crippen LogP contribution >= 0.6 is 0 Å². The Balaban J connectivity index is 2.30. The lowest BCUT2D eigenvalue weighted by Gasteiger charge is -2.27. The molecular weight excluding hydrogens is 176 g/mol. The van der Waals surface area contributed by atoms with Gasteiger partial charge in [-0.2, -0.15) is 0 Å². The minimum Gasteiger partial charge on any atom is -0.327 e. The fourth-order valence-electron chi connectivity index (χ4n) is 1.92. The van der Waals surface area contributed by atoms with Gasteiger partial charge in [0.15, 0.2) is 0 Å². The third-order valence-electron chi connectivity index (χ3n) is 2.70. The van der Waals surface area contributed by atoms with Crippen molar-refractivity contribution in [2.45, 2.75) is 24.9 Å². The van der Waals surface area contributed by atoms with Crippen LogP contribution in [0.1, 0.15) is 11.1 Å². The topological polar surface area (TPSA) is 74.8 Å². The Morgan fingerprint density at radius 3 is 2.57 bits per heavy atom. The van der Waals surface area contributed by atoms with Gasteiger partial charge in [-0.3, -0.25) is 0 Å². The Labute approximate surface area is 82.4 Å². The highest BCUT2D eigenvalue weighted by atomic mass is 15.2. The molecule has 2 N–H and O–H groups in total. The van der Waals surface area contributed by atoms with Gasteiger partial charge in [0, 0.05) is 11.0 Å². The predicted molar refractivity (Wildman–Crippen MR) is 54.8 cm³/mol. The fraction of sp³-hybridized carbons (Fsp3) is 0.400. The molecule has 0 saturated carbocycles. The van der Waals surface area contributed by atoms with Crippen molar-refractivity contribution in [1.29, 1.82) is 0 Å². The summed E-state index contributed by atoms with van der Waals surface area (Å²) in [5.41, 5.74) is 16.8. The molecule has 4 heteroatoms. The van der Waals surface area contributed by atoms with Crippen molar-refractivity contribution in [2.75, 3.05) is 0 Å². The van der Waals surface area contributed by atoms with E-state index in [1.807, 2.05) is 12.1 Å². The van der Waals surface area contributed by atoms with Crippen molar-refractivity contribution >= 4 is 0 Å². The van der Waals surface area contributed by atoms with E-state index in [9.17, 15) is 0 Å². The molecule has 0 aromatic heterocycles. The number of azide groups is 1. The molecule has 0 aliphatic heterocycles. The number of benzene rings is 1. The molecule has 0 radical (unpaired) electrons. The van der Waals surface area contributed by atoms with Crippen LogP contribution in [-0.2, 0) is 12.8 Å². The first-order valence-electron chi connectivity index (χ1n) is 4.68. The van der Waals surface area contributed by atoms with Gasteiger partial charge in [0.25, 0.3) is 0 Å². The molecule has 0 bridgehead atoms. The van der Waals surface area contributed by atoms with Crippen LogP contribution in [0.15, 0.2) is 29.4 Å². The Hall–Kier alpha value is -1.51. The van der Waals surface area contributed by atoms with Crippen LogP contribution in [0.2, 0.25) is 0 Å². The smallest absolute Gasteiger partial charge is 0.0568 e. The van der Waals surface area contributed by atoms with E-state index in [1.54, 1.807) is 0 Å². The highest BCUT2D eigenvalue weighted by Gasteiger charge is 2.24. The summed E-state index contributed by atoms with van der Waals surface area (Å²) in [6.07, 6.45) is 1.57. The van der Waals surface area contributed by atoms with E-state index in [0.29, 0.717) is 0 Å². The maximum Gasteiger partial charge on any atom is 0.0568 e. The van der Waals surface area contributed by atoms with Gasteiger partial charge in [-0.05, 0) is 29.5 Å². The third kappa shape index (κ3) is 1.58. The highest BCUT2D eigenvalue weighted by Crippen LogP contribution is 2.22. The first-order valence-corrected chi connectivity index (χ1v) is 4.68. The number of rotatable bonds is 1. The van der Waals surface area contributed by atoms with E-state index in [1.165, 1.54) is 11.1 Å². The molecule has 4 nitrogen and oxygen atoms in total. The van der Waals surface area contributed by atoms with E-state index in [-0.39, 0.29) is 12.1 Å². The summed E-state index contributed by atoms with van der Waals surface area (Å²) in [4.78, 5) is 2.83. The van der Waals surface area contributed by atoms with E-state index in [0.717, 1.165) is 12.8 Å². The van der Waals surface area contributed by atoms with Crippen LogP contribution in [0.3, 0.4) is 0 Å². The lowest BCUT2D eigenvalue weighted by Crippen LogP contribution is -2.40.